The summed E-state index contributed by atoms with van der Waals surface area (Å²) >= 11 is 0. The van der Waals surface area contributed by atoms with E-state index < -0.39 is 5.60 Å². The van der Waals surface area contributed by atoms with Crippen LogP contribution in [0, 0.1) is 0 Å². The summed E-state index contributed by atoms with van der Waals surface area (Å²) in [4.78, 5) is 11.8. The van der Waals surface area contributed by atoms with Gasteiger partial charge < -0.3 is 20.5 Å². The van der Waals surface area contributed by atoms with Crippen molar-refractivity contribution in [2.45, 2.75) is 44.2 Å². The van der Waals surface area contributed by atoms with Gasteiger partial charge in [-0.15, -0.1) is 0 Å². The Morgan fingerprint density at radius 1 is 1.59 bits per heavy atom. The summed E-state index contributed by atoms with van der Waals surface area (Å²) in [6, 6.07) is -0.0954. The largest absolute Gasteiger partial charge is 0.388 e. The summed E-state index contributed by atoms with van der Waals surface area (Å²) in [5.41, 5.74) is -0.902. The molecule has 5 heteroatoms. The highest BCUT2D eigenvalue weighted by atomic mass is 16.5. The molecule has 2 atom stereocenters. The Balaban J connectivity index is 2.26. The minimum atomic E-state index is -0.902. The Hall–Kier alpha value is -0.650. The van der Waals surface area contributed by atoms with Crippen LogP contribution < -0.4 is 10.6 Å². The second kappa shape index (κ2) is 6.93. The molecule has 17 heavy (non-hydrogen) atoms. The molecule has 1 heterocycles. The zero-order valence-corrected chi connectivity index (χ0v) is 10.8. The van der Waals surface area contributed by atoms with E-state index >= 15 is 0 Å². The molecule has 0 aromatic heterocycles. The van der Waals surface area contributed by atoms with Gasteiger partial charge in [-0.05, 0) is 26.3 Å². The van der Waals surface area contributed by atoms with Gasteiger partial charge in [0, 0.05) is 26.7 Å². The molecule has 1 fully saturated rings. The maximum atomic E-state index is 11.8. The maximum Gasteiger partial charge on any atom is 0.237 e. The topological polar surface area (TPSA) is 70.6 Å². The highest BCUT2D eigenvalue weighted by Crippen LogP contribution is 2.09. The van der Waals surface area contributed by atoms with E-state index in [1.807, 2.05) is 0 Å². The van der Waals surface area contributed by atoms with Gasteiger partial charge in [-0.25, -0.2) is 0 Å². The van der Waals surface area contributed by atoms with Gasteiger partial charge in [0.25, 0.3) is 0 Å². The Morgan fingerprint density at radius 3 is 2.94 bits per heavy atom. The van der Waals surface area contributed by atoms with Crippen LogP contribution in [-0.2, 0) is 9.53 Å². The van der Waals surface area contributed by atoms with Gasteiger partial charge in [0.15, 0.2) is 0 Å². The predicted octanol–water partition coefficient (Wildman–Crippen LogP) is 0.0322. The number of methoxy groups -OCH3 is 1. The molecule has 0 radical (unpaired) electrons. The van der Waals surface area contributed by atoms with E-state index in [9.17, 15) is 9.90 Å². The molecule has 1 aliphatic rings. The Bertz CT molecular complexity index is 238. The van der Waals surface area contributed by atoms with Gasteiger partial charge in [0.1, 0.15) is 0 Å². The fourth-order valence-corrected chi connectivity index (χ4v) is 1.89. The zero-order valence-electron chi connectivity index (χ0n) is 10.8. The van der Waals surface area contributed by atoms with Crippen molar-refractivity contribution >= 4 is 5.91 Å². The first-order valence-corrected chi connectivity index (χ1v) is 6.27. The molecule has 0 aromatic rings. The highest BCUT2D eigenvalue weighted by Gasteiger charge is 2.24. The first kappa shape index (κ1) is 14.4. The third-order valence-corrected chi connectivity index (χ3v) is 3.12. The van der Waals surface area contributed by atoms with Crippen LogP contribution >= 0.6 is 0 Å². The van der Waals surface area contributed by atoms with Gasteiger partial charge >= 0.3 is 0 Å². The first-order chi connectivity index (χ1) is 8.05. The highest BCUT2D eigenvalue weighted by molar-refractivity contribution is 5.81. The van der Waals surface area contributed by atoms with Gasteiger partial charge in [0.2, 0.25) is 5.91 Å². The fourth-order valence-electron chi connectivity index (χ4n) is 1.89. The predicted molar refractivity (Wildman–Crippen MR) is 65.8 cm³/mol. The monoisotopic (exact) mass is 244 g/mol. The third-order valence-electron chi connectivity index (χ3n) is 3.12. The lowest BCUT2D eigenvalue weighted by Gasteiger charge is -2.26. The van der Waals surface area contributed by atoms with Crippen molar-refractivity contribution in [1.82, 2.24) is 10.6 Å². The zero-order chi connectivity index (χ0) is 12.7. The van der Waals surface area contributed by atoms with E-state index in [0.717, 1.165) is 25.8 Å². The van der Waals surface area contributed by atoms with Crippen LogP contribution in [-0.4, -0.2) is 49.5 Å². The van der Waals surface area contributed by atoms with E-state index in [1.165, 1.54) is 0 Å². The fraction of sp³-hybridized carbons (Fsp3) is 0.917. The van der Waals surface area contributed by atoms with Gasteiger partial charge in [-0.3, -0.25) is 4.79 Å². The summed E-state index contributed by atoms with van der Waals surface area (Å²) < 4.78 is 4.92. The van der Waals surface area contributed by atoms with Crippen LogP contribution in [0.5, 0.6) is 0 Å². The molecular weight excluding hydrogens is 220 g/mol. The Morgan fingerprint density at radius 2 is 2.35 bits per heavy atom. The van der Waals surface area contributed by atoms with Crippen LogP contribution in [0.15, 0.2) is 0 Å². The van der Waals surface area contributed by atoms with E-state index in [0.29, 0.717) is 13.0 Å². The maximum absolute atomic E-state index is 11.8. The number of rotatable bonds is 6. The van der Waals surface area contributed by atoms with Crippen molar-refractivity contribution in [3.8, 4) is 0 Å². The Labute approximate surface area is 103 Å². The van der Waals surface area contributed by atoms with Gasteiger partial charge in [0.05, 0.1) is 11.6 Å². The number of carbonyl (C=O) groups is 1. The van der Waals surface area contributed by atoms with E-state index in [4.69, 9.17) is 4.74 Å². The lowest BCUT2D eigenvalue weighted by Crippen LogP contribution is -2.50. The number of piperidine rings is 1. The van der Waals surface area contributed by atoms with Crippen LogP contribution in [0.3, 0.4) is 0 Å². The molecule has 1 rings (SSSR count). The van der Waals surface area contributed by atoms with Crippen LogP contribution in [0.4, 0.5) is 0 Å². The lowest BCUT2D eigenvalue weighted by atomic mass is 10.0. The van der Waals surface area contributed by atoms with Crippen molar-refractivity contribution in [1.29, 1.82) is 0 Å². The molecular formula is C12H24N2O3. The number of hydrogen-bond donors (Lipinski definition) is 3. The van der Waals surface area contributed by atoms with Crippen molar-refractivity contribution in [3.05, 3.63) is 0 Å². The molecule has 0 bridgehead atoms. The molecule has 0 saturated carbocycles. The molecule has 0 spiro atoms. The molecule has 1 aliphatic heterocycles. The number of carbonyl (C=O) groups excluding carboxylic acids is 1. The van der Waals surface area contributed by atoms with Crippen molar-refractivity contribution < 1.29 is 14.6 Å². The molecule has 1 amide bonds. The quantitative estimate of drug-likeness (QED) is 0.616. The number of amides is 1. The van der Waals surface area contributed by atoms with Crippen LogP contribution in [0.2, 0.25) is 0 Å². The van der Waals surface area contributed by atoms with E-state index in [2.05, 4.69) is 10.6 Å². The van der Waals surface area contributed by atoms with Gasteiger partial charge in [-0.2, -0.15) is 0 Å². The number of hydrogen-bond acceptors (Lipinski definition) is 4. The molecule has 0 aromatic carbocycles. The SMILES string of the molecule is COCCC(C)(O)CNC(=O)[C@@H]1CCCCN1. The summed E-state index contributed by atoms with van der Waals surface area (Å²) in [7, 11) is 1.60. The molecule has 100 valence electrons. The number of aliphatic hydroxyl groups is 1. The first-order valence-electron chi connectivity index (χ1n) is 6.27. The summed E-state index contributed by atoms with van der Waals surface area (Å²) in [6.07, 6.45) is 3.62. The molecule has 5 nitrogen and oxygen atoms in total. The number of ether oxygens (including phenoxy) is 1. The smallest absolute Gasteiger partial charge is 0.237 e. The normalized spacial score (nSPS) is 24.1. The lowest BCUT2D eigenvalue weighted by molar-refractivity contribution is -0.125. The summed E-state index contributed by atoms with van der Waals surface area (Å²) in [6.45, 7) is 3.37. The number of nitrogens with one attached hydrogen (secondary N) is 2. The molecule has 1 unspecified atom stereocenters. The molecule has 0 aliphatic carbocycles. The van der Waals surface area contributed by atoms with Gasteiger partial charge in [-0.1, -0.05) is 6.42 Å². The average molecular weight is 244 g/mol. The molecule has 1 saturated heterocycles. The third kappa shape index (κ3) is 5.48. The Kier molecular flexibility index (Phi) is 5.88. The minimum absolute atomic E-state index is 0.0117. The van der Waals surface area contributed by atoms with Crippen LogP contribution in [0.1, 0.15) is 32.6 Å². The summed E-state index contributed by atoms with van der Waals surface area (Å²) in [5, 5.41) is 16.0. The van der Waals surface area contributed by atoms with Crippen molar-refractivity contribution in [3.63, 3.8) is 0 Å². The van der Waals surface area contributed by atoms with Crippen molar-refractivity contribution in [2.75, 3.05) is 26.8 Å². The van der Waals surface area contributed by atoms with E-state index in [1.54, 1.807) is 14.0 Å². The van der Waals surface area contributed by atoms with Crippen molar-refractivity contribution in [2.24, 2.45) is 0 Å². The average Bonchev–Trinajstić information content (AvgIpc) is 2.35. The second-order valence-corrected chi connectivity index (χ2v) is 4.96. The summed E-state index contributed by atoms with van der Waals surface area (Å²) in [5.74, 6) is -0.0117. The second-order valence-electron chi connectivity index (χ2n) is 4.96. The standard InChI is InChI=1S/C12H24N2O3/c1-12(16,6-8-17-2)9-14-11(15)10-5-3-4-7-13-10/h10,13,16H,3-9H2,1-2H3,(H,14,15)/t10-,12?/m0/s1. The minimum Gasteiger partial charge on any atom is -0.388 e. The van der Waals surface area contributed by atoms with E-state index in [-0.39, 0.29) is 18.5 Å². The molecule has 3 N–H and O–H groups in total. The van der Waals surface area contributed by atoms with Crippen LogP contribution in [0.25, 0.3) is 0 Å².